The summed E-state index contributed by atoms with van der Waals surface area (Å²) < 4.78 is 15.9. The molecular weight excluding hydrogens is 306 g/mol. The van der Waals surface area contributed by atoms with Crippen molar-refractivity contribution < 1.29 is 18.7 Å². The number of hydrogen-bond donors (Lipinski definition) is 0. The minimum Gasteiger partial charge on any atom is -0.492 e. The molecule has 0 spiro atoms. The predicted octanol–water partition coefficient (Wildman–Crippen LogP) is 3.23. The van der Waals surface area contributed by atoms with E-state index < -0.39 is 0 Å². The van der Waals surface area contributed by atoms with Gasteiger partial charge in [-0.25, -0.2) is 0 Å². The van der Waals surface area contributed by atoms with Crippen LogP contribution in [-0.4, -0.2) is 38.1 Å². The Labute approximate surface area is 134 Å². The topological polar surface area (TPSA) is 51.9 Å². The highest BCUT2D eigenvalue weighted by Crippen LogP contribution is 2.17. The normalized spacial score (nSPS) is 10.5. The molecule has 0 aliphatic carbocycles. The summed E-state index contributed by atoms with van der Waals surface area (Å²) in [5.74, 6) is 1.39. The molecule has 0 saturated carbocycles. The maximum atomic E-state index is 12.2. The van der Waals surface area contributed by atoms with Gasteiger partial charge in [0, 0.05) is 19.2 Å². The average molecular weight is 324 g/mol. The fourth-order valence-corrected chi connectivity index (χ4v) is 2.04. The van der Waals surface area contributed by atoms with Crippen LogP contribution in [-0.2, 0) is 11.3 Å². The van der Waals surface area contributed by atoms with Crippen LogP contribution in [0.1, 0.15) is 16.3 Å². The molecule has 2 aromatic rings. The number of amides is 1. The zero-order valence-corrected chi connectivity index (χ0v) is 13.3. The van der Waals surface area contributed by atoms with Crippen molar-refractivity contribution in [2.75, 3.05) is 27.3 Å². The number of furan rings is 1. The first-order valence-electron chi connectivity index (χ1n) is 6.81. The summed E-state index contributed by atoms with van der Waals surface area (Å²) in [6.07, 6.45) is 0. The van der Waals surface area contributed by atoms with Crippen molar-refractivity contribution in [1.82, 2.24) is 4.90 Å². The van der Waals surface area contributed by atoms with Crippen LogP contribution in [0.2, 0.25) is 5.02 Å². The van der Waals surface area contributed by atoms with Crippen LogP contribution >= 0.6 is 11.6 Å². The molecule has 0 aliphatic rings. The molecule has 0 N–H and O–H groups in total. The van der Waals surface area contributed by atoms with Gasteiger partial charge in [0.2, 0.25) is 0 Å². The lowest BCUT2D eigenvalue weighted by Gasteiger charge is -2.16. The Kier molecular flexibility index (Phi) is 5.86. The molecule has 0 unspecified atom stereocenters. The molecule has 0 atom stereocenters. The van der Waals surface area contributed by atoms with Crippen molar-refractivity contribution >= 4 is 17.5 Å². The minimum atomic E-state index is -0.197. The molecule has 0 saturated heterocycles. The van der Waals surface area contributed by atoms with Crippen molar-refractivity contribution in [2.24, 2.45) is 0 Å². The van der Waals surface area contributed by atoms with E-state index in [2.05, 4.69) is 0 Å². The number of ether oxygens (including phenoxy) is 2. The van der Waals surface area contributed by atoms with Crippen molar-refractivity contribution in [2.45, 2.75) is 6.61 Å². The van der Waals surface area contributed by atoms with Gasteiger partial charge in [-0.15, -0.1) is 0 Å². The van der Waals surface area contributed by atoms with E-state index in [4.69, 9.17) is 25.5 Å². The minimum absolute atomic E-state index is 0.197. The molecule has 118 valence electrons. The summed E-state index contributed by atoms with van der Waals surface area (Å²) in [5, 5.41) is 0.614. The van der Waals surface area contributed by atoms with E-state index in [1.54, 1.807) is 43.3 Å². The number of carbonyl (C=O) groups is 1. The standard InChI is InChI=1S/C16H18ClNO4/c1-18(8-9-21-13-5-3-4-12(17)10-13)16(19)15-7-6-14(22-15)11-20-2/h3-7,10H,8-9,11H2,1-2H3. The molecular formula is C16H18ClNO4. The fourth-order valence-electron chi connectivity index (χ4n) is 1.86. The van der Waals surface area contributed by atoms with E-state index in [9.17, 15) is 4.79 Å². The maximum absolute atomic E-state index is 12.2. The second kappa shape index (κ2) is 7.87. The van der Waals surface area contributed by atoms with Gasteiger partial charge in [0.15, 0.2) is 5.76 Å². The number of rotatable bonds is 7. The van der Waals surface area contributed by atoms with Crippen LogP contribution < -0.4 is 4.74 Å². The van der Waals surface area contributed by atoms with E-state index in [1.165, 1.54) is 0 Å². The first-order valence-corrected chi connectivity index (χ1v) is 7.19. The lowest BCUT2D eigenvalue weighted by molar-refractivity contribution is 0.0734. The maximum Gasteiger partial charge on any atom is 0.289 e. The molecule has 6 heteroatoms. The number of benzene rings is 1. The molecule has 2 rings (SSSR count). The molecule has 0 fully saturated rings. The Bertz CT molecular complexity index is 626. The van der Waals surface area contributed by atoms with Gasteiger partial charge in [0.05, 0.1) is 6.54 Å². The zero-order valence-electron chi connectivity index (χ0n) is 12.5. The largest absolute Gasteiger partial charge is 0.492 e. The smallest absolute Gasteiger partial charge is 0.289 e. The number of halogens is 1. The summed E-state index contributed by atoms with van der Waals surface area (Å²) >= 11 is 5.88. The highest BCUT2D eigenvalue weighted by Gasteiger charge is 2.16. The van der Waals surface area contributed by atoms with Gasteiger partial charge in [-0.1, -0.05) is 17.7 Å². The van der Waals surface area contributed by atoms with Gasteiger partial charge in [0.25, 0.3) is 5.91 Å². The van der Waals surface area contributed by atoms with E-state index in [-0.39, 0.29) is 11.7 Å². The van der Waals surface area contributed by atoms with Crippen LogP contribution in [0, 0.1) is 0 Å². The van der Waals surface area contributed by atoms with Crippen LogP contribution in [0.4, 0.5) is 0 Å². The van der Waals surface area contributed by atoms with Gasteiger partial charge in [0.1, 0.15) is 24.7 Å². The van der Waals surface area contributed by atoms with E-state index in [0.29, 0.717) is 36.3 Å². The third-order valence-corrected chi connectivity index (χ3v) is 3.23. The van der Waals surface area contributed by atoms with E-state index in [1.807, 2.05) is 12.1 Å². The van der Waals surface area contributed by atoms with Gasteiger partial charge in [-0.05, 0) is 30.3 Å². The molecule has 1 aromatic heterocycles. The first kappa shape index (κ1) is 16.4. The Morgan fingerprint density at radius 1 is 1.32 bits per heavy atom. The summed E-state index contributed by atoms with van der Waals surface area (Å²) in [4.78, 5) is 13.7. The average Bonchev–Trinajstić information content (AvgIpc) is 2.95. The second-order valence-corrected chi connectivity index (χ2v) is 5.17. The SMILES string of the molecule is COCc1ccc(C(=O)N(C)CCOc2cccc(Cl)c2)o1. The molecule has 5 nitrogen and oxygen atoms in total. The van der Waals surface area contributed by atoms with Crippen LogP contribution in [0.5, 0.6) is 5.75 Å². The third kappa shape index (κ3) is 4.51. The zero-order chi connectivity index (χ0) is 15.9. The first-order chi connectivity index (χ1) is 10.6. The quantitative estimate of drug-likeness (QED) is 0.785. The number of methoxy groups -OCH3 is 1. The Morgan fingerprint density at radius 3 is 2.86 bits per heavy atom. The number of hydrogen-bond acceptors (Lipinski definition) is 4. The van der Waals surface area contributed by atoms with Crippen molar-refractivity contribution in [3.05, 3.63) is 52.9 Å². The molecule has 0 radical (unpaired) electrons. The molecule has 1 heterocycles. The van der Waals surface area contributed by atoms with Gasteiger partial charge >= 0.3 is 0 Å². The Hall–Kier alpha value is -1.98. The molecule has 1 amide bonds. The van der Waals surface area contributed by atoms with Crippen molar-refractivity contribution in [3.8, 4) is 5.75 Å². The van der Waals surface area contributed by atoms with Crippen LogP contribution in [0.25, 0.3) is 0 Å². The summed E-state index contributed by atoms with van der Waals surface area (Å²) in [6.45, 7) is 1.15. The second-order valence-electron chi connectivity index (χ2n) is 4.73. The predicted molar refractivity (Wildman–Crippen MR) is 83.3 cm³/mol. The molecule has 0 aliphatic heterocycles. The number of likely N-dealkylation sites (N-methyl/N-ethyl adjacent to an activating group) is 1. The summed E-state index contributed by atoms with van der Waals surface area (Å²) in [6, 6.07) is 10.5. The third-order valence-electron chi connectivity index (χ3n) is 3.00. The fraction of sp³-hybridized carbons (Fsp3) is 0.312. The van der Waals surface area contributed by atoms with Crippen LogP contribution in [0.3, 0.4) is 0 Å². The number of carbonyl (C=O) groups excluding carboxylic acids is 1. The number of nitrogens with zero attached hydrogens (tertiary/aromatic N) is 1. The monoisotopic (exact) mass is 323 g/mol. The van der Waals surface area contributed by atoms with Crippen molar-refractivity contribution in [3.63, 3.8) is 0 Å². The lowest BCUT2D eigenvalue weighted by Crippen LogP contribution is -2.30. The molecule has 0 bridgehead atoms. The molecule has 22 heavy (non-hydrogen) atoms. The lowest BCUT2D eigenvalue weighted by atomic mass is 10.3. The Morgan fingerprint density at radius 2 is 2.14 bits per heavy atom. The van der Waals surface area contributed by atoms with Gasteiger partial charge in [-0.2, -0.15) is 0 Å². The van der Waals surface area contributed by atoms with E-state index >= 15 is 0 Å². The highest BCUT2D eigenvalue weighted by molar-refractivity contribution is 6.30. The van der Waals surface area contributed by atoms with Crippen LogP contribution in [0.15, 0.2) is 40.8 Å². The summed E-state index contributed by atoms with van der Waals surface area (Å²) in [7, 11) is 3.27. The van der Waals surface area contributed by atoms with Gasteiger partial charge in [-0.3, -0.25) is 4.79 Å². The van der Waals surface area contributed by atoms with Crippen molar-refractivity contribution in [1.29, 1.82) is 0 Å². The summed E-state index contributed by atoms with van der Waals surface area (Å²) in [5.41, 5.74) is 0. The highest BCUT2D eigenvalue weighted by atomic mass is 35.5. The van der Waals surface area contributed by atoms with Gasteiger partial charge < -0.3 is 18.8 Å². The Balaban J connectivity index is 1.83. The molecule has 1 aromatic carbocycles. The van der Waals surface area contributed by atoms with E-state index in [0.717, 1.165) is 0 Å².